The Balaban J connectivity index is 1.48. The molecule has 2 N–H and O–H groups in total. The molecule has 0 atom stereocenters. The number of benzene rings is 3. The molecule has 5 nitrogen and oxygen atoms in total. The van der Waals surface area contributed by atoms with E-state index in [1.165, 1.54) is 0 Å². The van der Waals surface area contributed by atoms with Gasteiger partial charge in [0.1, 0.15) is 5.75 Å². The summed E-state index contributed by atoms with van der Waals surface area (Å²) in [7, 11) is 0. The minimum absolute atomic E-state index is 0.143. The Morgan fingerprint density at radius 3 is 2.40 bits per heavy atom. The van der Waals surface area contributed by atoms with Gasteiger partial charge in [-0.15, -0.1) is 0 Å². The lowest BCUT2D eigenvalue weighted by molar-refractivity contribution is -0.125. The molecule has 2 amide bonds. The highest BCUT2D eigenvalue weighted by molar-refractivity contribution is 6.32. The lowest BCUT2D eigenvalue weighted by atomic mass is 10.1. The topological polar surface area (TPSA) is 67.4 Å². The fourth-order valence-corrected chi connectivity index (χ4v) is 3.12. The molecule has 3 rings (SSSR count). The number of carbonyl (C=O) groups excluding carboxylic acids is 2. The van der Waals surface area contributed by atoms with Crippen LogP contribution in [0.25, 0.3) is 11.1 Å². The zero-order valence-electron chi connectivity index (χ0n) is 16.9. The summed E-state index contributed by atoms with van der Waals surface area (Å²) < 4.78 is 5.50. The molecule has 154 valence electrons. The van der Waals surface area contributed by atoms with Crippen LogP contribution in [-0.2, 0) is 9.59 Å². The van der Waals surface area contributed by atoms with Gasteiger partial charge in [0.2, 0.25) is 5.91 Å². The minimum atomic E-state index is -0.408. The first-order valence-electron chi connectivity index (χ1n) is 9.54. The molecule has 0 saturated carbocycles. The minimum Gasteiger partial charge on any atom is -0.482 e. The Labute approximate surface area is 181 Å². The summed E-state index contributed by atoms with van der Waals surface area (Å²) in [4.78, 5) is 24.1. The first-order chi connectivity index (χ1) is 14.4. The van der Waals surface area contributed by atoms with E-state index in [0.29, 0.717) is 10.8 Å². The third-order valence-corrected chi connectivity index (χ3v) is 5.02. The number of carbonyl (C=O) groups is 2. The summed E-state index contributed by atoms with van der Waals surface area (Å²) >= 11 is 6.29. The number of halogens is 1. The molecule has 0 spiro atoms. The third-order valence-electron chi connectivity index (χ3n) is 4.72. The van der Waals surface area contributed by atoms with Crippen LogP contribution in [0.5, 0.6) is 5.75 Å². The van der Waals surface area contributed by atoms with Gasteiger partial charge in [0.25, 0.3) is 5.91 Å². The van der Waals surface area contributed by atoms with E-state index in [9.17, 15) is 9.59 Å². The van der Waals surface area contributed by atoms with Crippen molar-refractivity contribution in [3.05, 3.63) is 82.9 Å². The molecule has 3 aromatic carbocycles. The van der Waals surface area contributed by atoms with E-state index in [-0.39, 0.29) is 19.1 Å². The van der Waals surface area contributed by atoms with E-state index >= 15 is 0 Å². The summed E-state index contributed by atoms with van der Waals surface area (Å²) in [5.41, 5.74) is 4.81. The van der Waals surface area contributed by atoms with Crippen molar-refractivity contribution in [1.29, 1.82) is 0 Å². The third kappa shape index (κ3) is 5.61. The van der Waals surface area contributed by atoms with E-state index in [2.05, 4.69) is 10.6 Å². The molecular formula is C24H23ClN2O3. The SMILES string of the molecule is Cc1cccc(NC(=O)CNC(=O)COc2ccc(-c3ccccc3)cc2Cl)c1C. The molecule has 0 aliphatic rings. The first-order valence-corrected chi connectivity index (χ1v) is 9.92. The second kappa shape index (κ2) is 9.94. The van der Waals surface area contributed by atoms with Crippen molar-refractivity contribution in [1.82, 2.24) is 5.32 Å². The Hall–Kier alpha value is -3.31. The molecule has 0 fully saturated rings. The first kappa shape index (κ1) is 21.4. The molecular weight excluding hydrogens is 400 g/mol. The van der Waals surface area contributed by atoms with Gasteiger partial charge in [-0.05, 0) is 54.3 Å². The molecule has 0 radical (unpaired) electrons. The summed E-state index contributed by atoms with van der Waals surface area (Å²) in [6.07, 6.45) is 0. The second-order valence-corrected chi connectivity index (χ2v) is 7.28. The molecule has 30 heavy (non-hydrogen) atoms. The Morgan fingerprint density at radius 2 is 1.67 bits per heavy atom. The second-order valence-electron chi connectivity index (χ2n) is 6.87. The maximum atomic E-state index is 12.1. The van der Waals surface area contributed by atoms with Gasteiger partial charge in [0.05, 0.1) is 11.6 Å². The molecule has 6 heteroatoms. The van der Waals surface area contributed by atoms with E-state index in [0.717, 1.165) is 27.9 Å². The number of nitrogens with one attached hydrogen (secondary N) is 2. The zero-order valence-corrected chi connectivity index (χ0v) is 17.6. The summed E-state index contributed by atoms with van der Waals surface area (Å²) in [6, 6.07) is 20.9. The largest absolute Gasteiger partial charge is 0.482 e. The van der Waals surface area contributed by atoms with Crippen LogP contribution in [0.1, 0.15) is 11.1 Å². The fraction of sp³-hybridized carbons (Fsp3) is 0.167. The highest BCUT2D eigenvalue weighted by Crippen LogP contribution is 2.30. The van der Waals surface area contributed by atoms with Crippen molar-refractivity contribution in [2.24, 2.45) is 0 Å². The van der Waals surface area contributed by atoms with Crippen molar-refractivity contribution in [2.45, 2.75) is 13.8 Å². The van der Waals surface area contributed by atoms with E-state index in [4.69, 9.17) is 16.3 Å². The quantitative estimate of drug-likeness (QED) is 0.577. The predicted molar refractivity (Wildman–Crippen MR) is 120 cm³/mol. The van der Waals surface area contributed by atoms with Gasteiger partial charge in [0.15, 0.2) is 6.61 Å². The van der Waals surface area contributed by atoms with E-state index in [1.807, 2.05) is 68.4 Å². The highest BCUT2D eigenvalue weighted by atomic mass is 35.5. The molecule has 0 heterocycles. The lowest BCUT2D eigenvalue weighted by Gasteiger charge is -2.12. The van der Waals surface area contributed by atoms with Gasteiger partial charge >= 0.3 is 0 Å². The Bertz CT molecular complexity index is 1050. The van der Waals surface area contributed by atoms with Crippen LogP contribution in [0.2, 0.25) is 5.02 Å². The van der Waals surface area contributed by atoms with Gasteiger partial charge in [0, 0.05) is 5.69 Å². The van der Waals surface area contributed by atoms with Crippen molar-refractivity contribution in [3.63, 3.8) is 0 Å². The standard InChI is InChI=1S/C24H23ClN2O3/c1-16-7-6-10-21(17(16)2)27-23(28)14-26-24(29)15-30-22-12-11-19(13-20(22)25)18-8-4-3-5-9-18/h3-13H,14-15H2,1-2H3,(H,26,29)(H,27,28). The summed E-state index contributed by atoms with van der Waals surface area (Å²) in [5, 5.41) is 5.75. The van der Waals surface area contributed by atoms with Crippen LogP contribution in [0.3, 0.4) is 0 Å². The van der Waals surface area contributed by atoms with Gasteiger partial charge in [-0.1, -0.05) is 60.1 Å². The van der Waals surface area contributed by atoms with Crippen LogP contribution < -0.4 is 15.4 Å². The van der Waals surface area contributed by atoms with Crippen LogP contribution in [-0.4, -0.2) is 25.0 Å². The Morgan fingerprint density at radius 1 is 0.900 bits per heavy atom. The summed E-state index contributed by atoms with van der Waals surface area (Å²) in [6.45, 7) is 3.53. The number of aryl methyl sites for hydroxylation is 1. The maximum Gasteiger partial charge on any atom is 0.258 e. The van der Waals surface area contributed by atoms with E-state index < -0.39 is 5.91 Å². The van der Waals surface area contributed by atoms with E-state index in [1.54, 1.807) is 12.1 Å². The summed E-state index contributed by atoms with van der Waals surface area (Å²) in [5.74, 6) is -0.303. The smallest absolute Gasteiger partial charge is 0.258 e. The number of amides is 2. The molecule has 0 aliphatic heterocycles. The number of hydrogen-bond acceptors (Lipinski definition) is 3. The molecule has 0 aliphatic carbocycles. The maximum absolute atomic E-state index is 12.1. The van der Waals surface area contributed by atoms with Crippen LogP contribution >= 0.6 is 11.6 Å². The molecule has 0 unspecified atom stereocenters. The number of ether oxygens (including phenoxy) is 1. The van der Waals surface area contributed by atoms with Gasteiger partial charge < -0.3 is 15.4 Å². The number of rotatable bonds is 7. The normalized spacial score (nSPS) is 10.4. The Kier molecular flexibility index (Phi) is 7.09. The van der Waals surface area contributed by atoms with Crippen molar-refractivity contribution in [2.75, 3.05) is 18.5 Å². The van der Waals surface area contributed by atoms with Crippen LogP contribution in [0, 0.1) is 13.8 Å². The van der Waals surface area contributed by atoms with Gasteiger partial charge in [-0.3, -0.25) is 9.59 Å². The van der Waals surface area contributed by atoms with Crippen molar-refractivity contribution in [3.8, 4) is 16.9 Å². The average Bonchev–Trinajstić information content (AvgIpc) is 2.75. The van der Waals surface area contributed by atoms with Crippen molar-refractivity contribution >= 4 is 29.1 Å². The van der Waals surface area contributed by atoms with Crippen molar-refractivity contribution < 1.29 is 14.3 Å². The molecule has 0 aromatic heterocycles. The molecule has 0 saturated heterocycles. The lowest BCUT2D eigenvalue weighted by Crippen LogP contribution is -2.35. The van der Waals surface area contributed by atoms with Crippen LogP contribution in [0.15, 0.2) is 66.7 Å². The monoisotopic (exact) mass is 422 g/mol. The van der Waals surface area contributed by atoms with Gasteiger partial charge in [-0.2, -0.15) is 0 Å². The van der Waals surface area contributed by atoms with Gasteiger partial charge in [-0.25, -0.2) is 0 Å². The molecule has 0 bridgehead atoms. The number of hydrogen-bond donors (Lipinski definition) is 2. The molecule has 3 aromatic rings. The van der Waals surface area contributed by atoms with Crippen LogP contribution in [0.4, 0.5) is 5.69 Å². The fourth-order valence-electron chi connectivity index (χ4n) is 2.88. The zero-order chi connectivity index (χ0) is 21.5. The number of anilines is 1. The predicted octanol–water partition coefficient (Wildman–Crippen LogP) is 4.76. The highest BCUT2D eigenvalue weighted by Gasteiger charge is 2.10. The average molecular weight is 423 g/mol.